The van der Waals surface area contributed by atoms with E-state index in [4.69, 9.17) is 4.74 Å². The molecule has 0 bridgehead atoms. The first-order chi connectivity index (χ1) is 8.85. The minimum absolute atomic E-state index is 0.206. The molecule has 2 rings (SSSR count). The number of ether oxygens (including phenoxy) is 1. The van der Waals surface area contributed by atoms with Crippen molar-refractivity contribution in [2.45, 2.75) is 19.4 Å². The molecule has 96 valence electrons. The zero-order chi connectivity index (χ0) is 12.8. The van der Waals surface area contributed by atoms with Crippen molar-refractivity contribution in [1.29, 1.82) is 0 Å². The topological polar surface area (TPSA) is 34.1 Å². The minimum atomic E-state index is 0.206. The highest BCUT2D eigenvalue weighted by molar-refractivity contribution is 7.09. The molecule has 0 radical (unpaired) electrons. The molecule has 2 aromatic rings. The van der Waals surface area contributed by atoms with Crippen LogP contribution in [0.3, 0.4) is 0 Å². The van der Waals surface area contributed by atoms with E-state index < -0.39 is 0 Å². The van der Waals surface area contributed by atoms with Crippen molar-refractivity contribution in [1.82, 2.24) is 10.3 Å². The largest absolute Gasteiger partial charge is 0.494 e. The number of thiazole rings is 1. The summed E-state index contributed by atoms with van der Waals surface area (Å²) in [6.45, 7) is 2.87. The summed E-state index contributed by atoms with van der Waals surface area (Å²) < 4.78 is 5.58. The molecule has 0 aliphatic carbocycles. The van der Waals surface area contributed by atoms with Crippen LogP contribution in [0.2, 0.25) is 0 Å². The van der Waals surface area contributed by atoms with Crippen LogP contribution < -0.4 is 10.1 Å². The van der Waals surface area contributed by atoms with E-state index in [9.17, 15) is 0 Å². The van der Waals surface area contributed by atoms with Gasteiger partial charge in [-0.3, -0.25) is 4.98 Å². The van der Waals surface area contributed by atoms with Crippen LogP contribution in [0.4, 0.5) is 0 Å². The Labute approximate surface area is 112 Å². The lowest BCUT2D eigenvalue weighted by molar-refractivity contribution is 0.317. The number of aromatic nitrogens is 1. The van der Waals surface area contributed by atoms with Crippen LogP contribution in [0, 0.1) is 0 Å². The van der Waals surface area contributed by atoms with Crippen LogP contribution in [-0.2, 0) is 0 Å². The zero-order valence-corrected chi connectivity index (χ0v) is 11.5. The molecule has 0 spiro atoms. The Morgan fingerprint density at radius 2 is 2.11 bits per heavy atom. The molecule has 0 amide bonds. The SMILES string of the molecule is CCCOc1ccc(C(NC)c2cncs2)cc1. The number of benzene rings is 1. The highest BCUT2D eigenvalue weighted by atomic mass is 32.1. The standard InChI is InChI=1S/C14H18N2OS/c1-3-8-17-12-6-4-11(5-7-12)14(15-2)13-9-16-10-18-13/h4-7,9-10,14-15H,3,8H2,1-2H3. The van der Waals surface area contributed by atoms with E-state index in [0.29, 0.717) is 0 Å². The maximum atomic E-state index is 5.58. The fourth-order valence-electron chi connectivity index (χ4n) is 1.82. The van der Waals surface area contributed by atoms with Crippen LogP contribution in [-0.4, -0.2) is 18.6 Å². The van der Waals surface area contributed by atoms with Crippen LogP contribution in [0.1, 0.15) is 29.8 Å². The summed E-state index contributed by atoms with van der Waals surface area (Å²) in [6, 6.07) is 8.46. The molecule has 1 heterocycles. The first-order valence-corrected chi connectivity index (χ1v) is 7.01. The van der Waals surface area contributed by atoms with Crippen LogP contribution in [0.25, 0.3) is 0 Å². The van der Waals surface area contributed by atoms with Crippen LogP contribution in [0.15, 0.2) is 36.0 Å². The second kappa shape index (κ2) is 6.52. The molecular weight excluding hydrogens is 244 g/mol. The number of nitrogens with zero attached hydrogens (tertiary/aromatic N) is 1. The Morgan fingerprint density at radius 1 is 1.33 bits per heavy atom. The van der Waals surface area contributed by atoms with Crippen LogP contribution in [0.5, 0.6) is 5.75 Å². The van der Waals surface area contributed by atoms with Gasteiger partial charge in [-0.25, -0.2) is 0 Å². The lowest BCUT2D eigenvalue weighted by atomic mass is 10.1. The summed E-state index contributed by atoms with van der Waals surface area (Å²) in [5.41, 5.74) is 3.09. The Kier molecular flexibility index (Phi) is 4.73. The van der Waals surface area contributed by atoms with Crippen molar-refractivity contribution < 1.29 is 4.74 Å². The molecule has 0 fully saturated rings. The zero-order valence-electron chi connectivity index (χ0n) is 10.7. The maximum absolute atomic E-state index is 5.58. The van der Waals surface area contributed by atoms with Crippen LogP contribution >= 0.6 is 11.3 Å². The first kappa shape index (κ1) is 13.1. The summed E-state index contributed by atoms with van der Waals surface area (Å²) in [6.07, 6.45) is 2.94. The first-order valence-electron chi connectivity index (χ1n) is 6.13. The second-order valence-electron chi connectivity index (χ2n) is 4.04. The lowest BCUT2D eigenvalue weighted by Crippen LogP contribution is -2.16. The van der Waals surface area contributed by atoms with Crippen molar-refractivity contribution in [3.8, 4) is 5.75 Å². The second-order valence-corrected chi connectivity index (χ2v) is 4.96. The van der Waals surface area contributed by atoms with Gasteiger partial charge in [-0.2, -0.15) is 0 Å². The van der Waals surface area contributed by atoms with Gasteiger partial charge in [0.15, 0.2) is 0 Å². The Hall–Kier alpha value is -1.39. The van der Waals surface area contributed by atoms with E-state index in [-0.39, 0.29) is 6.04 Å². The summed E-state index contributed by atoms with van der Waals surface area (Å²) in [5, 5.41) is 3.31. The normalized spacial score (nSPS) is 12.3. The lowest BCUT2D eigenvalue weighted by Gasteiger charge is -2.15. The van der Waals surface area contributed by atoms with Crippen molar-refractivity contribution >= 4 is 11.3 Å². The van der Waals surface area contributed by atoms with Gasteiger partial charge < -0.3 is 10.1 Å². The number of rotatable bonds is 6. The summed E-state index contributed by atoms with van der Waals surface area (Å²) in [5.74, 6) is 0.930. The molecule has 0 saturated carbocycles. The quantitative estimate of drug-likeness (QED) is 0.867. The van der Waals surface area contributed by atoms with Crippen molar-refractivity contribution in [3.63, 3.8) is 0 Å². The summed E-state index contributed by atoms with van der Waals surface area (Å²) in [7, 11) is 1.96. The highest BCUT2D eigenvalue weighted by Crippen LogP contribution is 2.26. The number of hydrogen-bond acceptors (Lipinski definition) is 4. The van der Waals surface area contributed by atoms with E-state index >= 15 is 0 Å². The van der Waals surface area contributed by atoms with Gasteiger partial charge >= 0.3 is 0 Å². The van der Waals surface area contributed by atoms with Gasteiger partial charge in [-0.1, -0.05) is 19.1 Å². The third kappa shape index (κ3) is 3.09. The predicted molar refractivity (Wildman–Crippen MR) is 75.2 cm³/mol. The molecule has 0 saturated heterocycles. The summed E-state index contributed by atoms with van der Waals surface area (Å²) >= 11 is 1.66. The molecule has 4 heteroatoms. The van der Waals surface area contributed by atoms with E-state index in [2.05, 4.69) is 29.4 Å². The molecule has 1 aromatic heterocycles. The molecule has 3 nitrogen and oxygen atoms in total. The average molecular weight is 262 g/mol. The summed E-state index contributed by atoms with van der Waals surface area (Å²) in [4.78, 5) is 5.35. The third-order valence-electron chi connectivity index (χ3n) is 2.71. The Balaban J connectivity index is 2.12. The molecule has 18 heavy (non-hydrogen) atoms. The van der Waals surface area contributed by atoms with Crippen molar-refractivity contribution in [2.24, 2.45) is 0 Å². The van der Waals surface area contributed by atoms with Gasteiger partial charge in [-0.15, -0.1) is 11.3 Å². The Morgan fingerprint density at radius 3 is 2.67 bits per heavy atom. The van der Waals surface area contributed by atoms with Gasteiger partial charge in [0.05, 0.1) is 18.2 Å². The van der Waals surface area contributed by atoms with Crippen molar-refractivity contribution in [2.75, 3.05) is 13.7 Å². The van der Waals surface area contributed by atoms with Crippen molar-refractivity contribution in [3.05, 3.63) is 46.4 Å². The fraction of sp³-hybridized carbons (Fsp3) is 0.357. The van der Waals surface area contributed by atoms with E-state index in [1.807, 2.05) is 30.9 Å². The number of hydrogen-bond donors (Lipinski definition) is 1. The molecule has 1 atom stereocenters. The van der Waals surface area contributed by atoms with Gasteiger partial charge in [0.2, 0.25) is 0 Å². The minimum Gasteiger partial charge on any atom is -0.494 e. The molecule has 0 aliphatic heterocycles. The molecule has 0 aliphatic rings. The fourth-order valence-corrected chi connectivity index (χ4v) is 2.57. The smallest absolute Gasteiger partial charge is 0.119 e. The maximum Gasteiger partial charge on any atom is 0.119 e. The average Bonchev–Trinajstić information content (AvgIpc) is 2.93. The van der Waals surface area contributed by atoms with E-state index in [0.717, 1.165) is 18.8 Å². The van der Waals surface area contributed by atoms with Gasteiger partial charge in [0.1, 0.15) is 5.75 Å². The molecule has 1 N–H and O–H groups in total. The third-order valence-corrected chi connectivity index (χ3v) is 3.55. The van der Waals surface area contributed by atoms with E-state index in [1.54, 1.807) is 11.3 Å². The van der Waals surface area contributed by atoms with E-state index in [1.165, 1.54) is 10.4 Å². The Bertz CT molecular complexity index is 453. The number of nitrogens with one attached hydrogen (secondary N) is 1. The van der Waals surface area contributed by atoms with Gasteiger partial charge in [0, 0.05) is 11.1 Å². The molecule has 1 unspecified atom stereocenters. The van der Waals surface area contributed by atoms with Gasteiger partial charge in [-0.05, 0) is 31.2 Å². The molecule has 1 aromatic carbocycles. The van der Waals surface area contributed by atoms with Gasteiger partial charge in [0.25, 0.3) is 0 Å². The molecular formula is C14H18N2OS. The predicted octanol–water partition coefficient (Wildman–Crippen LogP) is 3.24. The highest BCUT2D eigenvalue weighted by Gasteiger charge is 2.13. The monoisotopic (exact) mass is 262 g/mol.